The third kappa shape index (κ3) is 3.47. The van der Waals surface area contributed by atoms with Gasteiger partial charge >= 0.3 is 6.09 Å². The number of amides is 1. The van der Waals surface area contributed by atoms with E-state index >= 15 is 0 Å². The Morgan fingerprint density at radius 1 is 1.38 bits per heavy atom. The van der Waals surface area contributed by atoms with Crippen molar-refractivity contribution in [1.29, 1.82) is 0 Å². The fraction of sp³-hybridized carbons (Fsp3) is 0.611. The summed E-state index contributed by atoms with van der Waals surface area (Å²) in [5.41, 5.74) is -0.241. The molecular formula is C18H24ClNO4. The molecule has 1 atom stereocenters. The first-order valence-corrected chi connectivity index (χ1v) is 8.70. The first-order chi connectivity index (χ1) is 11.2. The Balaban J connectivity index is 1.70. The first kappa shape index (κ1) is 17.4. The molecule has 2 heterocycles. The van der Waals surface area contributed by atoms with Crippen molar-refractivity contribution in [3.8, 4) is 5.75 Å². The summed E-state index contributed by atoms with van der Waals surface area (Å²) in [6.45, 7) is 6.66. The molecule has 1 spiro atoms. The Bertz CT molecular complexity index is 632. The molecule has 2 aliphatic rings. The molecule has 0 saturated carbocycles. The summed E-state index contributed by atoms with van der Waals surface area (Å²) in [6.07, 6.45) is 0.914. The lowest BCUT2D eigenvalue weighted by atomic mass is 9.82. The highest BCUT2D eigenvalue weighted by Crippen LogP contribution is 2.47. The molecule has 0 aliphatic carbocycles. The van der Waals surface area contributed by atoms with Crippen LogP contribution < -0.4 is 4.74 Å². The van der Waals surface area contributed by atoms with Crippen LogP contribution in [0.25, 0.3) is 0 Å². The number of likely N-dealkylation sites (tertiary alicyclic amines) is 1. The Morgan fingerprint density at radius 2 is 2.04 bits per heavy atom. The second-order valence-electron chi connectivity index (χ2n) is 7.63. The molecule has 1 saturated heterocycles. The van der Waals surface area contributed by atoms with Crippen LogP contribution in [0.2, 0.25) is 5.02 Å². The number of nitrogens with zero attached hydrogens (tertiary/aromatic N) is 1. The zero-order valence-corrected chi connectivity index (χ0v) is 15.1. The molecule has 24 heavy (non-hydrogen) atoms. The van der Waals surface area contributed by atoms with Crippen molar-refractivity contribution in [1.82, 2.24) is 4.90 Å². The lowest BCUT2D eigenvalue weighted by Crippen LogP contribution is -2.52. The molecular weight excluding hydrogens is 330 g/mol. The van der Waals surface area contributed by atoms with Crippen molar-refractivity contribution in [3.63, 3.8) is 0 Å². The molecule has 1 N–H and O–H groups in total. The SMILES string of the molecule is CC(C)(C)OC(=O)N1CCC2(CC1)CC(O)c1cccc(Cl)c1O2. The maximum absolute atomic E-state index is 12.2. The van der Waals surface area contributed by atoms with Crippen molar-refractivity contribution >= 4 is 17.7 Å². The molecule has 132 valence electrons. The number of aliphatic hydroxyl groups is 1. The van der Waals surface area contributed by atoms with Gasteiger partial charge in [-0.3, -0.25) is 0 Å². The highest BCUT2D eigenvalue weighted by molar-refractivity contribution is 6.32. The van der Waals surface area contributed by atoms with E-state index in [-0.39, 0.29) is 6.09 Å². The molecule has 1 unspecified atom stereocenters. The summed E-state index contributed by atoms with van der Waals surface area (Å²) in [6, 6.07) is 5.42. The summed E-state index contributed by atoms with van der Waals surface area (Å²) in [5.74, 6) is 0.573. The van der Waals surface area contributed by atoms with E-state index < -0.39 is 17.3 Å². The number of carbonyl (C=O) groups is 1. The molecule has 5 nitrogen and oxygen atoms in total. The monoisotopic (exact) mass is 353 g/mol. The second-order valence-corrected chi connectivity index (χ2v) is 8.04. The summed E-state index contributed by atoms with van der Waals surface area (Å²) in [5, 5.41) is 11.0. The normalized spacial score (nSPS) is 22.7. The molecule has 3 rings (SSSR count). The minimum Gasteiger partial charge on any atom is -0.485 e. The van der Waals surface area contributed by atoms with Crippen LogP contribution in [0, 0.1) is 0 Å². The van der Waals surface area contributed by atoms with Crippen molar-refractivity contribution in [3.05, 3.63) is 28.8 Å². The third-order valence-corrected chi connectivity index (χ3v) is 4.86. The average molecular weight is 354 g/mol. The number of hydrogen-bond acceptors (Lipinski definition) is 4. The number of rotatable bonds is 0. The van der Waals surface area contributed by atoms with Gasteiger partial charge in [0.2, 0.25) is 0 Å². The second kappa shape index (κ2) is 6.12. The largest absolute Gasteiger partial charge is 0.485 e. The van der Waals surface area contributed by atoms with Crippen LogP contribution >= 0.6 is 11.6 Å². The van der Waals surface area contributed by atoms with Crippen molar-refractivity contribution in [2.45, 2.75) is 57.3 Å². The summed E-state index contributed by atoms with van der Waals surface area (Å²) >= 11 is 6.24. The molecule has 0 radical (unpaired) electrons. The minimum absolute atomic E-state index is 0.299. The van der Waals surface area contributed by atoms with Crippen LogP contribution in [0.5, 0.6) is 5.75 Å². The van der Waals surface area contributed by atoms with Crippen LogP contribution in [-0.4, -0.2) is 40.4 Å². The number of benzene rings is 1. The number of carbonyl (C=O) groups excluding carboxylic acids is 1. The van der Waals surface area contributed by atoms with Crippen molar-refractivity contribution in [2.75, 3.05) is 13.1 Å². The topological polar surface area (TPSA) is 59.0 Å². The lowest BCUT2D eigenvalue weighted by molar-refractivity contribution is -0.0568. The molecule has 1 fully saturated rings. The molecule has 1 amide bonds. The van der Waals surface area contributed by atoms with E-state index in [9.17, 15) is 9.90 Å². The van der Waals surface area contributed by atoms with Gasteiger partial charge in [-0.1, -0.05) is 23.7 Å². The predicted molar refractivity (Wildman–Crippen MR) is 91.4 cm³/mol. The van der Waals surface area contributed by atoms with Crippen molar-refractivity contribution < 1.29 is 19.4 Å². The average Bonchev–Trinajstić information content (AvgIpc) is 2.47. The number of fused-ring (bicyclic) bond motifs is 1. The van der Waals surface area contributed by atoms with Crippen LogP contribution in [-0.2, 0) is 4.74 Å². The van der Waals surface area contributed by atoms with Gasteiger partial charge in [-0.2, -0.15) is 0 Å². The highest BCUT2D eigenvalue weighted by Gasteiger charge is 2.44. The fourth-order valence-electron chi connectivity index (χ4n) is 3.35. The Labute approximate surface area is 147 Å². The van der Waals surface area contributed by atoms with E-state index in [4.69, 9.17) is 21.1 Å². The summed E-state index contributed by atoms with van der Waals surface area (Å²) in [4.78, 5) is 13.9. The Morgan fingerprint density at radius 3 is 2.67 bits per heavy atom. The van der Waals surface area contributed by atoms with Gasteiger partial charge in [0, 0.05) is 37.9 Å². The number of ether oxygens (including phenoxy) is 2. The van der Waals surface area contributed by atoms with Gasteiger partial charge in [0.1, 0.15) is 17.0 Å². The molecule has 0 aromatic heterocycles. The minimum atomic E-state index is -0.597. The van der Waals surface area contributed by atoms with E-state index in [1.807, 2.05) is 32.9 Å². The lowest BCUT2D eigenvalue weighted by Gasteiger charge is -2.46. The third-order valence-electron chi connectivity index (χ3n) is 4.57. The first-order valence-electron chi connectivity index (χ1n) is 8.33. The Hall–Kier alpha value is -1.46. The molecule has 1 aromatic carbocycles. The maximum Gasteiger partial charge on any atom is 0.410 e. The fourth-order valence-corrected chi connectivity index (χ4v) is 3.57. The number of halogens is 1. The zero-order chi connectivity index (χ0) is 17.5. The van der Waals surface area contributed by atoms with E-state index in [2.05, 4.69) is 0 Å². The molecule has 0 bridgehead atoms. The van der Waals surface area contributed by atoms with Gasteiger partial charge < -0.3 is 19.5 Å². The molecule has 1 aromatic rings. The number of hydrogen-bond donors (Lipinski definition) is 1. The molecule has 2 aliphatic heterocycles. The summed E-state index contributed by atoms with van der Waals surface area (Å²) < 4.78 is 11.6. The predicted octanol–water partition coefficient (Wildman–Crippen LogP) is 3.93. The number of piperidine rings is 1. The van der Waals surface area contributed by atoms with E-state index in [0.29, 0.717) is 43.1 Å². The van der Waals surface area contributed by atoms with Gasteiger partial charge in [0.05, 0.1) is 11.1 Å². The van der Waals surface area contributed by atoms with Crippen molar-refractivity contribution in [2.24, 2.45) is 0 Å². The van der Waals surface area contributed by atoms with E-state index in [0.717, 1.165) is 5.56 Å². The number of para-hydroxylation sites is 1. The standard InChI is InChI=1S/C18H24ClNO4/c1-17(2,3)24-16(22)20-9-7-18(8-10-20)11-14(21)12-5-4-6-13(19)15(12)23-18/h4-6,14,21H,7-11H2,1-3H3. The zero-order valence-electron chi connectivity index (χ0n) is 14.3. The number of aliphatic hydroxyl groups excluding tert-OH is 1. The van der Waals surface area contributed by atoms with Gasteiger partial charge in [0.15, 0.2) is 0 Å². The maximum atomic E-state index is 12.2. The van der Waals surface area contributed by atoms with E-state index in [1.165, 1.54) is 0 Å². The smallest absolute Gasteiger partial charge is 0.410 e. The Kier molecular flexibility index (Phi) is 4.43. The van der Waals surface area contributed by atoms with Crippen LogP contribution in [0.4, 0.5) is 4.79 Å². The van der Waals surface area contributed by atoms with Crippen LogP contribution in [0.15, 0.2) is 18.2 Å². The quantitative estimate of drug-likeness (QED) is 0.767. The summed E-state index contributed by atoms with van der Waals surface area (Å²) in [7, 11) is 0. The molecule has 6 heteroatoms. The highest BCUT2D eigenvalue weighted by atomic mass is 35.5. The van der Waals surface area contributed by atoms with Crippen LogP contribution in [0.1, 0.15) is 51.7 Å². The van der Waals surface area contributed by atoms with Crippen LogP contribution in [0.3, 0.4) is 0 Å². The van der Waals surface area contributed by atoms with E-state index in [1.54, 1.807) is 11.0 Å². The van der Waals surface area contributed by atoms with Gasteiger partial charge in [-0.15, -0.1) is 0 Å². The van der Waals surface area contributed by atoms with Gasteiger partial charge in [0.25, 0.3) is 0 Å². The van der Waals surface area contributed by atoms with Gasteiger partial charge in [-0.05, 0) is 26.8 Å². The van der Waals surface area contributed by atoms with Gasteiger partial charge in [-0.25, -0.2) is 4.79 Å².